The molecule has 0 unspecified atom stereocenters. The molecule has 0 spiro atoms. The summed E-state index contributed by atoms with van der Waals surface area (Å²) in [5.41, 5.74) is 5.05. The zero-order valence-electron chi connectivity index (χ0n) is 14.5. The van der Waals surface area contributed by atoms with Crippen molar-refractivity contribution in [2.24, 2.45) is 0 Å². The van der Waals surface area contributed by atoms with Gasteiger partial charge in [0.25, 0.3) is 0 Å². The van der Waals surface area contributed by atoms with Crippen LogP contribution < -0.4 is 0 Å². The van der Waals surface area contributed by atoms with Gasteiger partial charge in [-0.2, -0.15) is 0 Å². The average molecular weight is 431 g/mol. The first-order valence-electron chi connectivity index (χ1n) is 8.91. The molecule has 2 aromatic heterocycles. The lowest BCUT2D eigenvalue weighted by Crippen LogP contribution is -1.82. The molecule has 0 aliphatic rings. The van der Waals surface area contributed by atoms with E-state index in [2.05, 4.69) is 34.1 Å². The molecule has 28 heavy (non-hydrogen) atoms. The highest BCUT2D eigenvalue weighted by Crippen LogP contribution is 2.41. The van der Waals surface area contributed by atoms with Crippen molar-refractivity contribution in [2.45, 2.75) is 0 Å². The highest BCUT2D eigenvalue weighted by Gasteiger charge is 2.17. The van der Waals surface area contributed by atoms with Crippen LogP contribution in [0.5, 0.6) is 0 Å². The first kappa shape index (κ1) is 15.9. The molecule has 0 saturated carbocycles. The lowest BCUT2D eigenvalue weighted by molar-refractivity contribution is 0.620. The number of fused-ring (bicyclic) bond motifs is 6. The smallest absolute Gasteiger partial charge is 0.138 e. The maximum absolute atomic E-state index is 14.2. The van der Waals surface area contributed by atoms with Gasteiger partial charge in [0.2, 0.25) is 0 Å². The molecule has 0 bridgehead atoms. The predicted octanol–water partition coefficient (Wildman–Crippen LogP) is 8.05. The largest absolute Gasteiger partial charge is 0.456 e. The van der Waals surface area contributed by atoms with Crippen molar-refractivity contribution < 1.29 is 13.2 Å². The van der Waals surface area contributed by atoms with Gasteiger partial charge in [-0.3, -0.25) is 0 Å². The second kappa shape index (κ2) is 5.69. The van der Waals surface area contributed by atoms with Gasteiger partial charge in [0.1, 0.15) is 28.1 Å². The van der Waals surface area contributed by atoms with E-state index < -0.39 is 0 Å². The molecular formula is C24H12BrFO2. The minimum atomic E-state index is -0.308. The van der Waals surface area contributed by atoms with Crippen molar-refractivity contribution in [3.8, 4) is 11.1 Å². The number of rotatable bonds is 1. The fourth-order valence-electron chi connectivity index (χ4n) is 3.98. The Kier molecular flexibility index (Phi) is 3.23. The summed E-state index contributed by atoms with van der Waals surface area (Å²) in [6.45, 7) is 0. The molecule has 0 atom stereocenters. The van der Waals surface area contributed by atoms with Gasteiger partial charge in [0, 0.05) is 21.5 Å². The van der Waals surface area contributed by atoms with E-state index in [0.717, 1.165) is 49.4 Å². The van der Waals surface area contributed by atoms with Crippen LogP contribution in [0.1, 0.15) is 0 Å². The van der Waals surface area contributed by atoms with Crippen molar-refractivity contribution >= 4 is 59.8 Å². The van der Waals surface area contributed by atoms with E-state index in [-0.39, 0.29) is 5.82 Å². The van der Waals surface area contributed by atoms with Gasteiger partial charge in [0.05, 0.1) is 4.47 Å². The van der Waals surface area contributed by atoms with Crippen molar-refractivity contribution in [1.82, 2.24) is 0 Å². The first-order valence-corrected chi connectivity index (χ1v) is 9.71. The maximum Gasteiger partial charge on any atom is 0.138 e. The van der Waals surface area contributed by atoms with Crippen LogP contribution in [0.3, 0.4) is 0 Å². The van der Waals surface area contributed by atoms with Gasteiger partial charge in [-0.1, -0.05) is 36.4 Å². The van der Waals surface area contributed by atoms with E-state index in [1.807, 2.05) is 42.5 Å². The van der Waals surface area contributed by atoms with E-state index in [9.17, 15) is 4.39 Å². The molecular weight excluding hydrogens is 419 g/mol. The van der Waals surface area contributed by atoms with Gasteiger partial charge in [-0.05, 0) is 63.5 Å². The monoisotopic (exact) mass is 430 g/mol. The summed E-state index contributed by atoms with van der Waals surface area (Å²) < 4.78 is 26.6. The van der Waals surface area contributed by atoms with Gasteiger partial charge in [-0.25, -0.2) is 4.39 Å². The van der Waals surface area contributed by atoms with Gasteiger partial charge >= 0.3 is 0 Å². The number of para-hydroxylation sites is 1. The molecule has 134 valence electrons. The van der Waals surface area contributed by atoms with Gasteiger partial charge in [0.15, 0.2) is 0 Å². The van der Waals surface area contributed by atoms with Crippen molar-refractivity contribution in [2.75, 3.05) is 0 Å². The highest BCUT2D eigenvalue weighted by molar-refractivity contribution is 9.10. The normalized spacial score (nSPS) is 11.9. The second-order valence-corrected chi connectivity index (χ2v) is 7.62. The lowest BCUT2D eigenvalue weighted by Gasteiger charge is -2.05. The molecule has 0 saturated heterocycles. The van der Waals surface area contributed by atoms with E-state index in [1.54, 1.807) is 6.07 Å². The summed E-state index contributed by atoms with van der Waals surface area (Å²) in [4.78, 5) is 0. The predicted molar refractivity (Wildman–Crippen MR) is 114 cm³/mol. The summed E-state index contributed by atoms with van der Waals surface area (Å²) in [6.07, 6.45) is 0. The van der Waals surface area contributed by atoms with Crippen LogP contribution >= 0.6 is 15.9 Å². The number of halogens is 2. The molecule has 0 radical (unpaired) electrons. The number of benzene rings is 4. The topological polar surface area (TPSA) is 26.3 Å². The van der Waals surface area contributed by atoms with E-state index >= 15 is 0 Å². The van der Waals surface area contributed by atoms with Crippen molar-refractivity contribution in [1.29, 1.82) is 0 Å². The Labute approximate surface area is 167 Å². The fraction of sp³-hybridized carbons (Fsp3) is 0. The maximum atomic E-state index is 14.2. The Morgan fingerprint density at radius 3 is 2.32 bits per heavy atom. The Bertz CT molecular complexity index is 1540. The van der Waals surface area contributed by atoms with Crippen LogP contribution in [-0.2, 0) is 0 Å². The molecule has 0 N–H and O–H groups in total. The molecule has 4 heteroatoms. The van der Waals surface area contributed by atoms with Crippen LogP contribution in [0.15, 0.2) is 86.1 Å². The Hall–Kier alpha value is -3.11. The third kappa shape index (κ3) is 2.12. The summed E-state index contributed by atoms with van der Waals surface area (Å²) in [7, 11) is 0. The van der Waals surface area contributed by atoms with E-state index in [1.165, 1.54) is 6.07 Å². The Morgan fingerprint density at radius 1 is 0.643 bits per heavy atom. The summed E-state index contributed by atoms with van der Waals surface area (Å²) >= 11 is 3.40. The minimum absolute atomic E-state index is 0.308. The third-order valence-corrected chi connectivity index (χ3v) is 6.02. The van der Waals surface area contributed by atoms with Crippen LogP contribution in [0.25, 0.3) is 55.0 Å². The standard InChI is InChI=1S/C24H12BrFO2/c25-24-17(26)10-11-20-23(24)22-14(5-3-7-19(22)28-20)13-8-9-16-15-4-1-2-6-18(15)27-21(16)12-13/h1-12H. The molecule has 4 aromatic carbocycles. The van der Waals surface area contributed by atoms with Gasteiger partial charge in [-0.15, -0.1) is 0 Å². The Balaban J connectivity index is 1.70. The molecule has 0 aliphatic heterocycles. The van der Waals surface area contributed by atoms with E-state index in [0.29, 0.717) is 10.1 Å². The Morgan fingerprint density at radius 2 is 1.39 bits per heavy atom. The van der Waals surface area contributed by atoms with Crippen molar-refractivity contribution in [3.05, 3.63) is 83.1 Å². The zero-order chi connectivity index (χ0) is 18.8. The molecule has 0 amide bonds. The number of hydrogen-bond acceptors (Lipinski definition) is 2. The summed E-state index contributed by atoms with van der Waals surface area (Å²) in [5.74, 6) is -0.308. The van der Waals surface area contributed by atoms with Crippen LogP contribution in [0, 0.1) is 5.82 Å². The van der Waals surface area contributed by atoms with Gasteiger partial charge < -0.3 is 8.83 Å². The second-order valence-electron chi connectivity index (χ2n) is 6.82. The van der Waals surface area contributed by atoms with Crippen LogP contribution in [0.2, 0.25) is 0 Å². The molecule has 2 heterocycles. The quantitative estimate of drug-likeness (QED) is 0.263. The number of hydrogen-bond donors (Lipinski definition) is 0. The van der Waals surface area contributed by atoms with E-state index in [4.69, 9.17) is 8.83 Å². The van der Waals surface area contributed by atoms with Crippen LogP contribution in [-0.4, -0.2) is 0 Å². The average Bonchev–Trinajstić information content (AvgIpc) is 3.28. The molecule has 6 aromatic rings. The molecule has 0 aliphatic carbocycles. The molecule has 2 nitrogen and oxygen atoms in total. The molecule has 6 rings (SSSR count). The summed E-state index contributed by atoms with van der Waals surface area (Å²) in [5, 5.41) is 3.81. The zero-order valence-corrected chi connectivity index (χ0v) is 16.1. The SMILES string of the molecule is Fc1ccc2oc3cccc(-c4ccc5c(c4)oc4ccccc45)c3c2c1Br. The lowest BCUT2D eigenvalue weighted by atomic mass is 9.98. The third-order valence-electron chi connectivity index (χ3n) is 5.24. The minimum Gasteiger partial charge on any atom is -0.456 e. The van der Waals surface area contributed by atoms with Crippen molar-refractivity contribution in [3.63, 3.8) is 0 Å². The molecule has 0 fully saturated rings. The first-order chi connectivity index (χ1) is 13.7. The highest BCUT2D eigenvalue weighted by atomic mass is 79.9. The van der Waals surface area contributed by atoms with Crippen LogP contribution in [0.4, 0.5) is 4.39 Å². The fourth-order valence-corrected chi connectivity index (χ4v) is 4.50. The summed E-state index contributed by atoms with van der Waals surface area (Å²) in [6, 6.07) is 23.2. The number of furan rings is 2.